The zero-order valence-corrected chi connectivity index (χ0v) is 13.3. The molecule has 0 radical (unpaired) electrons. The van der Waals surface area contributed by atoms with Gasteiger partial charge in [0.2, 0.25) is 5.91 Å². The summed E-state index contributed by atoms with van der Waals surface area (Å²) in [7, 11) is 1.84. The molecule has 0 spiro atoms. The lowest BCUT2D eigenvalue weighted by molar-refractivity contribution is -0.133. The summed E-state index contributed by atoms with van der Waals surface area (Å²) in [6, 6.07) is 13.7. The number of nitrogens with zero attached hydrogens (tertiary/aromatic N) is 1. The van der Waals surface area contributed by atoms with Crippen molar-refractivity contribution in [2.24, 2.45) is 5.73 Å². The third-order valence-electron chi connectivity index (χ3n) is 3.70. The summed E-state index contributed by atoms with van der Waals surface area (Å²) in [4.78, 5) is 15.5. The highest BCUT2D eigenvalue weighted by Gasteiger charge is 2.22. The van der Waals surface area contributed by atoms with Gasteiger partial charge in [0, 0.05) is 24.4 Å². The van der Waals surface area contributed by atoms with E-state index in [2.05, 4.69) is 18.4 Å². The molecule has 1 amide bonds. The Balaban J connectivity index is 1.91. The van der Waals surface area contributed by atoms with E-state index in [-0.39, 0.29) is 11.9 Å². The van der Waals surface area contributed by atoms with Crippen LogP contribution in [0.1, 0.15) is 17.4 Å². The standard InChI is InChI=1S/C17H22N2OS/c1-13(11-15-9-6-10-21-15)19(2)17(20)16(18)12-14-7-4-3-5-8-14/h3-10,13,16H,11-12,18H2,1-2H3/t13?,16-/m0/s1. The molecule has 2 atom stereocenters. The number of hydrogen-bond donors (Lipinski definition) is 1. The summed E-state index contributed by atoms with van der Waals surface area (Å²) in [6.45, 7) is 2.06. The molecule has 1 aromatic carbocycles. The van der Waals surface area contributed by atoms with Crippen LogP contribution < -0.4 is 5.73 Å². The molecule has 0 saturated heterocycles. The SMILES string of the molecule is CC(Cc1cccs1)N(C)C(=O)[C@@H](N)Cc1ccccc1. The molecule has 2 aromatic rings. The molecule has 3 nitrogen and oxygen atoms in total. The average molecular weight is 302 g/mol. The third-order valence-corrected chi connectivity index (χ3v) is 4.60. The van der Waals surface area contributed by atoms with E-state index in [1.165, 1.54) is 4.88 Å². The van der Waals surface area contributed by atoms with Crippen LogP contribution in [-0.2, 0) is 17.6 Å². The van der Waals surface area contributed by atoms with E-state index in [4.69, 9.17) is 5.73 Å². The van der Waals surface area contributed by atoms with Gasteiger partial charge in [0.25, 0.3) is 0 Å². The maximum atomic E-state index is 12.4. The topological polar surface area (TPSA) is 46.3 Å². The van der Waals surface area contributed by atoms with E-state index in [0.717, 1.165) is 12.0 Å². The summed E-state index contributed by atoms with van der Waals surface area (Å²) in [6.07, 6.45) is 1.45. The number of benzene rings is 1. The van der Waals surface area contributed by atoms with Gasteiger partial charge in [-0.3, -0.25) is 4.79 Å². The maximum Gasteiger partial charge on any atom is 0.239 e. The van der Waals surface area contributed by atoms with Crippen molar-refractivity contribution in [2.75, 3.05) is 7.05 Å². The molecule has 4 heteroatoms. The van der Waals surface area contributed by atoms with Gasteiger partial charge in [-0.25, -0.2) is 0 Å². The fraction of sp³-hybridized carbons (Fsp3) is 0.353. The number of carbonyl (C=O) groups excluding carboxylic acids is 1. The summed E-state index contributed by atoms with van der Waals surface area (Å²) in [5.41, 5.74) is 7.17. The van der Waals surface area contributed by atoms with Crippen LogP contribution in [0.4, 0.5) is 0 Å². The molecule has 0 bridgehead atoms. The molecule has 0 aliphatic rings. The molecule has 0 fully saturated rings. The fourth-order valence-corrected chi connectivity index (χ4v) is 3.12. The Hall–Kier alpha value is -1.65. The zero-order chi connectivity index (χ0) is 15.2. The largest absolute Gasteiger partial charge is 0.341 e. The molecule has 0 aliphatic heterocycles. The molecular formula is C17H22N2OS. The minimum Gasteiger partial charge on any atom is -0.341 e. The molecule has 0 saturated carbocycles. The monoisotopic (exact) mass is 302 g/mol. The highest BCUT2D eigenvalue weighted by atomic mass is 32.1. The van der Waals surface area contributed by atoms with Crippen molar-refractivity contribution in [3.05, 3.63) is 58.3 Å². The van der Waals surface area contributed by atoms with Crippen LogP contribution in [-0.4, -0.2) is 29.9 Å². The van der Waals surface area contributed by atoms with Crippen LogP contribution in [0, 0.1) is 0 Å². The average Bonchev–Trinajstić information content (AvgIpc) is 2.99. The van der Waals surface area contributed by atoms with Crippen LogP contribution in [0.15, 0.2) is 47.8 Å². The number of rotatable bonds is 6. The first kappa shape index (κ1) is 15.7. The van der Waals surface area contributed by atoms with Crippen LogP contribution in [0.25, 0.3) is 0 Å². The van der Waals surface area contributed by atoms with Gasteiger partial charge in [0.1, 0.15) is 0 Å². The fourth-order valence-electron chi connectivity index (χ4n) is 2.29. The van der Waals surface area contributed by atoms with Crippen molar-refractivity contribution in [3.8, 4) is 0 Å². The van der Waals surface area contributed by atoms with Gasteiger partial charge >= 0.3 is 0 Å². The van der Waals surface area contributed by atoms with E-state index in [0.29, 0.717) is 6.42 Å². The molecule has 1 aromatic heterocycles. The molecule has 0 aliphatic carbocycles. The lowest BCUT2D eigenvalue weighted by Gasteiger charge is -2.27. The van der Waals surface area contributed by atoms with E-state index in [1.807, 2.05) is 43.4 Å². The third kappa shape index (κ3) is 4.41. The van der Waals surface area contributed by atoms with Gasteiger partial charge in [-0.1, -0.05) is 36.4 Å². The van der Waals surface area contributed by atoms with Crippen molar-refractivity contribution in [2.45, 2.75) is 31.8 Å². The van der Waals surface area contributed by atoms with Crippen LogP contribution >= 0.6 is 11.3 Å². The predicted octanol–water partition coefficient (Wildman–Crippen LogP) is 2.71. The van der Waals surface area contributed by atoms with E-state index < -0.39 is 6.04 Å². The lowest BCUT2D eigenvalue weighted by Crippen LogP contribution is -2.47. The van der Waals surface area contributed by atoms with Gasteiger partial charge in [-0.15, -0.1) is 11.3 Å². The Bertz CT molecular complexity index is 553. The Labute approximate surface area is 130 Å². The summed E-state index contributed by atoms with van der Waals surface area (Å²) < 4.78 is 0. The van der Waals surface area contributed by atoms with Crippen molar-refractivity contribution >= 4 is 17.2 Å². The zero-order valence-electron chi connectivity index (χ0n) is 12.5. The maximum absolute atomic E-state index is 12.4. The Kier molecular flexibility index (Phi) is 5.53. The van der Waals surface area contributed by atoms with Crippen molar-refractivity contribution in [1.29, 1.82) is 0 Å². The van der Waals surface area contributed by atoms with Crippen LogP contribution in [0.2, 0.25) is 0 Å². The summed E-state index contributed by atoms with van der Waals surface area (Å²) in [5, 5.41) is 2.06. The number of likely N-dealkylation sites (N-methyl/N-ethyl adjacent to an activating group) is 1. The smallest absolute Gasteiger partial charge is 0.239 e. The highest BCUT2D eigenvalue weighted by Crippen LogP contribution is 2.14. The quantitative estimate of drug-likeness (QED) is 0.892. The highest BCUT2D eigenvalue weighted by molar-refractivity contribution is 7.09. The van der Waals surface area contributed by atoms with Gasteiger partial charge in [-0.2, -0.15) is 0 Å². The Morgan fingerprint density at radius 2 is 1.90 bits per heavy atom. The number of amides is 1. The lowest BCUT2D eigenvalue weighted by atomic mass is 10.0. The van der Waals surface area contributed by atoms with Gasteiger partial charge in [0.15, 0.2) is 0 Å². The molecule has 112 valence electrons. The molecule has 1 unspecified atom stereocenters. The molecule has 21 heavy (non-hydrogen) atoms. The molecule has 2 N–H and O–H groups in total. The van der Waals surface area contributed by atoms with Crippen LogP contribution in [0.5, 0.6) is 0 Å². The molecule has 1 heterocycles. The Morgan fingerprint density at radius 3 is 2.52 bits per heavy atom. The van der Waals surface area contributed by atoms with Gasteiger partial charge < -0.3 is 10.6 Å². The van der Waals surface area contributed by atoms with E-state index >= 15 is 0 Å². The van der Waals surface area contributed by atoms with Crippen molar-refractivity contribution < 1.29 is 4.79 Å². The molecule has 2 rings (SSSR count). The van der Waals surface area contributed by atoms with E-state index in [1.54, 1.807) is 16.2 Å². The van der Waals surface area contributed by atoms with Gasteiger partial charge in [-0.05, 0) is 30.4 Å². The second-order valence-corrected chi connectivity index (χ2v) is 6.41. The second-order valence-electron chi connectivity index (χ2n) is 5.38. The first-order valence-electron chi connectivity index (χ1n) is 7.16. The second kappa shape index (κ2) is 7.38. The molecular weight excluding hydrogens is 280 g/mol. The predicted molar refractivity (Wildman–Crippen MR) is 88.4 cm³/mol. The van der Waals surface area contributed by atoms with Crippen molar-refractivity contribution in [3.63, 3.8) is 0 Å². The van der Waals surface area contributed by atoms with Gasteiger partial charge in [0.05, 0.1) is 6.04 Å². The first-order chi connectivity index (χ1) is 10.1. The normalized spacial score (nSPS) is 13.7. The van der Waals surface area contributed by atoms with E-state index in [9.17, 15) is 4.79 Å². The summed E-state index contributed by atoms with van der Waals surface area (Å²) >= 11 is 1.72. The summed E-state index contributed by atoms with van der Waals surface area (Å²) in [5.74, 6) is 0.00269. The number of hydrogen-bond acceptors (Lipinski definition) is 3. The number of thiophene rings is 1. The number of nitrogens with two attached hydrogens (primary N) is 1. The number of carbonyl (C=O) groups is 1. The Morgan fingerprint density at radius 1 is 1.19 bits per heavy atom. The van der Waals surface area contributed by atoms with Crippen molar-refractivity contribution in [1.82, 2.24) is 4.90 Å². The van der Waals surface area contributed by atoms with Crippen LogP contribution in [0.3, 0.4) is 0 Å². The minimum absolute atomic E-state index is 0.00269. The first-order valence-corrected chi connectivity index (χ1v) is 8.04. The minimum atomic E-state index is -0.483.